The van der Waals surface area contributed by atoms with Gasteiger partial charge in [-0.3, -0.25) is 5.43 Å². The highest BCUT2D eigenvalue weighted by Crippen LogP contribution is 2.34. The molecule has 2 amide bonds. The molecule has 1 aliphatic rings. The molecule has 0 saturated heterocycles. The summed E-state index contributed by atoms with van der Waals surface area (Å²) in [6.45, 7) is 3.55. The second-order valence-corrected chi connectivity index (χ2v) is 8.05. The van der Waals surface area contributed by atoms with Crippen LogP contribution in [0.25, 0.3) is 0 Å². The number of nitrogens with zero attached hydrogens (tertiary/aromatic N) is 1. The van der Waals surface area contributed by atoms with Crippen molar-refractivity contribution in [1.82, 2.24) is 16.1 Å². The van der Waals surface area contributed by atoms with Crippen LogP contribution in [0.5, 0.6) is 17.2 Å². The summed E-state index contributed by atoms with van der Waals surface area (Å²) in [6.07, 6.45) is 0.129. The van der Waals surface area contributed by atoms with Crippen molar-refractivity contribution in [2.24, 2.45) is 5.10 Å². The Morgan fingerprint density at radius 2 is 2.03 bits per heavy atom. The summed E-state index contributed by atoms with van der Waals surface area (Å²) in [6, 6.07) is 8.21. The zero-order valence-corrected chi connectivity index (χ0v) is 20.6. The highest BCUT2D eigenvalue weighted by molar-refractivity contribution is 6.30. The minimum Gasteiger partial charge on any atom is -0.507 e. The third-order valence-electron chi connectivity index (χ3n) is 5.09. The predicted molar refractivity (Wildman–Crippen MR) is 132 cm³/mol. The van der Waals surface area contributed by atoms with Crippen LogP contribution in [0.4, 0.5) is 4.79 Å². The average molecular weight is 519 g/mol. The van der Waals surface area contributed by atoms with E-state index >= 15 is 0 Å². The van der Waals surface area contributed by atoms with Gasteiger partial charge in [-0.2, -0.15) is 5.10 Å². The number of amides is 2. The van der Waals surface area contributed by atoms with E-state index in [9.17, 15) is 19.8 Å². The molecule has 0 aliphatic carbocycles. The van der Waals surface area contributed by atoms with Crippen LogP contribution in [0, 0.1) is 0 Å². The lowest BCUT2D eigenvalue weighted by molar-refractivity contribution is -0.136. The molecule has 0 unspecified atom stereocenters. The molecule has 2 aromatic rings. The van der Waals surface area contributed by atoms with Crippen LogP contribution in [-0.4, -0.2) is 55.0 Å². The maximum atomic E-state index is 12.3. The maximum absolute atomic E-state index is 12.3. The zero-order valence-electron chi connectivity index (χ0n) is 19.9. The van der Waals surface area contributed by atoms with E-state index in [2.05, 4.69) is 21.2 Å². The number of aliphatic hydroxyl groups excluding tert-OH is 1. The number of urea groups is 1. The van der Waals surface area contributed by atoms with Crippen LogP contribution in [0.2, 0.25) is 5.02 Å². The van der Waals surface area contributed by atoms with Gasteiger partial charge in [-0.05, 0) is 49.7 Å². The SMILES string of the molecule is CCOc1cc([C@H]2NC(=O)NC(C)=C2C(=O)OC)ccc1OC[C@@H](O)N/N=C\c1cc(Cl)ccc1O. The number of hydrazone groups is 1. The molecule has 0 fully saturated rings. The van der Waals surface area contributed by atoms with Gasteiger partial charge in [-0.1, -0.05) is 17.7 Å². The summed E-state index contributed by atoms with van der Waals surface area (Å²) < 4.78 is 16.2. The van der Waals surface area contributed by atoms with Gasteiger partial charge < -0.3 is 35.1 Å². The summed E-state index contributed by atoms with van der Waals surface area (Å²) in [7, 11) is 1.26. The van der Waals surface area contributed by atoms with Crippen molar-refractivity contribution in [1.29, 1.82) is 0 Å². The van der Waals surface area contributed by atoms with E-state index in [-0.39, 0.29) is 17.9 Å². The first kappa shape index (κ1) is 26.6. The minimum absolute atomic E-state index is 0.0116. The number of aliphatic hydroxyl groups is 1. The summed E-state index contributed by atoms with van der Waals surface area (Å²) >= 11 is 5.90. The number of carbonyl (C=O) groups is 2. The molecule has 0 bridgehead atoms. The molecule has 0 spiro atoms. The predicted octanol–water partition coefficient (Wildman–Crippen LogP) is 2.57. The van der Waals surface area contributed by atoms with Gasteiger partial charge in [0.1, 0.15) is 12.4 Å². The van der Waals surface area contributed by atoms with Crippen LogP contribution in [0.15, 0.2) is 52.8 Å². The topological polar surface area (TPSA) is 151 Å². The van der Waals surface area contributed by atoms with E-state index in [1.807, 2.05) is 0 Å². The van der Waals surface area contributed by atoms with Gasteiger partial charge in [0.2, 0.25) is 0 Å². The van der Waals surface area contributed by atoms with Gasteiger partial charge >= 0.3 is 12.0 Å². The van der Waals surface area contributed by atoms with Gasteiger partial charge in [0.05, 0.1) is 31.5 Å². The van der Waals surface area contributed by atoms with Crippen LogP contribution in [0.3, 0.4) is 0 Å². The van der Waals surface area contributed by atoms with Gasteiger partial charge in [0.25, 0.3) is 0 Å². The molecule has 1 heterocycles. The Balaban J connectivity index is 1.72. The van der Waals surface area contributed by atoms with Crippen LogP contribution in [0.1, 0.15) is 31.0 Å². The van der Waals surface area contributed by atoms with Gasteiger partial charge in [0, 0.05) is 16.3 Å². The smallest absolute Gasteiger partial charge is 0.337 e. The number of esters is 1. The largest absolute Gasteiger partial charge is 0.507 e. The normalized spacial score (nSPS) is 16.2. The molecule has 192 valence electrons. The maximum Gasteiger partial charge on any atom is 0.337 e. The molecule has 5 N–H and O–H groups in total. The summed E-state index contributed by atoms with van der Waals surface area (Å²) in [5.41, 5.74) is 4.08. The van der Waals surface area contributed by atoms with E-state index in [4.69, 9.17) is 25.8 Å². The first-order valence-electron chi connectivity index (χ1n) is 10.9. The lowest BCUT2D eigenvalue weighted by Crippen LogP contribution is -2.45. The first-order valence-corrected chi connectivity index (χ1v) is 11.3. The molecule has 1 aliphatic heterocycles. The highest BCUT2D eigenvalue weighted by atomic mass is 35.5. The molecule has 0 aromatic heterocycles. The first-order chi connectivity index (χ1) is 17.2. The van der Waals surface area contributed by atoms with Gasteiger partial charge in [0.15, 0.2) is 17.7 Å². The summed E-state index contributed by atoms with van der Waals surface area (Å²) in [5.74, 6) is 0.0919. The molecular formula is C24H27ClN4O7. The molecule has 0 saturated carbocycles. The van der Waals surface area contributed by atoms with E-state index in [0.717, 1.165) is 0 Å². The Bertz CT molecular complexity index is 1190. The molecule has 11 nitrogen and oxygen atoms in total. The van der Waals surface area contributed by atoms with Crippen molar-refractivity contribution in [2.75, 3.05) is 20.3 Å². The number of halogens is 1. The fourth-order valence-corrected chi connectivity index (χ4v) is 3.62. The van der Waals surface area contributed by atoms with E-state index < -0.39 is 24.3 Å². The van der Waals surface area contributed by atoms with Crippen molar-refractivity contribution >= 4 is 29.8 Å². The number of methoxy groups -OCH3 is 1. The lowest BCUT2D eigenvalue weighted by atomic mass is 9.95. The third kappa shape index (κ3) is 6.58. The number of allylic oxidation sites excluding steroid dienone is 1. The van der Waals surface area contributed by atoms with Gasteiger partial charge in [-0.25, -0.2) is 9.59 Å². The standard InChI is InChI=1S/C24H27ClN4O7/c1-4-35-19-10-14(22-21(23(32)34-3)13(2)27-24(33)28-22)5-8-18(19)36-12-20(31)29-26-11-15-9-16(25)6-7-17(15)30/h5-11,20,22,29-31H,4,12H2,1-3H3,(H2,27,28,33)/b26-11-/t20-,22-/m1/s1. The Morgan fingerprint density at radius 3 is 2.75 bits per heavy atom. The van der Waals surface area contributed by atoms with E-state index in [0.29, 0.717) is 40.0 Å². The Hall–Kier alpha value is -3.96. The van der Waals surface area contributed by atoms with Crippen LogP contribution in [-0.2, 0) is 9.53 Å². The van der Waals surface area contributed by atoms with Crippen LogP contribution < -0.4 is 25.5 Å². The number of phenols is 1. The number of benzene rings is 2. The third-order valence-corrected chi connectivity index (χ3v) is 5.32. The average Bonchev–Trinajstić information content (AvgIpc) is 2.84. The summed E-state index contributed by atoms with van der Waals surface area (Å²) in [4.78, 5) is 24.4. The van der Waals surface area contributed by atoms with Gasteiger partial charge in [-0.15, -0.1) is 0 Å². The van der Waals surface area contributed by atoms with Crippen molar-refractivity contribution in [3.63, 3.8) is 0 Å². The fraction of sp³-hybridized carbons (Fsp3) is 0.292. The molecule has 36 heavy (non-hydrogen) atoms. The second kappa shape index (κ2) is 12.1. The zero-order chi connectivity index (χ0) is 26.2. The number of ether oxygens (including phenoxy) is 3. The summed E-state index contributed by atoms with van der Waals surface area (Å²) in [5, 5.41) is 29.6. The highest BCUT2D eigenvalue weighted by Gasteiger charge is 2.32. The van der Waals surface area contributed by atoms with Crippen LogP contribution >= 0.6 is 11.6 Å². The Kier molecular flexibility index (Phi) is 8.98. The fourth-order valence-electron chi connectivity index (χ4n) is 3.44. The molecule has 0 radical (unpaired) electrons. The molecule has 2 atom stereocenters. The van der Waals surface area contributed by atoms with E-state index in [1.165, 1.54) is 25.5 Å². The molecule has 12 heteroatoms. The minimum atomic E-state index is -1.18. The second-order valence-electron chi connectivity index (χ2n) is 7.62. The van der Waals surface area contributed by atoms with E-state index in [1.54, 1.807) is 38.1 Å². The van der Waals surface area contributed by atoms with Crippen molar-refractivity contribution in [3.8, 4) is 17.2 Å². The molecular weight excluding hydrogens is 492 g/mol. The molecule has 3 rings (SSSR count). The molecule has 2 aromatic carbocycles. The lowest BCUT2D eigenvalue weighted by Gasteiger charge is -2.28. The van der Waals surface area contributed by atoms with Crippen molar-refractivity contribution < 1.29 is 34.0 Å². The monoisotopic (exact) mass is 518 g/mol. The van der Waals surface area contributed by atoms with Crippen molar-refractivity contribution in [2.45, 2.75) is 26.1 Å². The van der Waals surface area contributed by atoms with Crippen molar-refractivity contribution in [3.05, 3.63) is 63.8 Å². The number of rotatable bonds is 10. The number of hydrogen-bond acceptors (Lipinski definition) is 9. The number of hydrogen-bond donors (Lipinski definition) is 5. The number of nitrogens with one attached hydrogen (secondary N) is 3. The number of aromatic hydroxyl groups is 1. The number of phenolic OH excluding ortho intramolecular Hbond substituents is 1. The Morgan fingerprint density at radius 1 is 1.25 bits per heavy atom. The Labute approximate surface area is 212 Å². The number of carbonyl (C=O) groups excluding carboxylic acids is 2. The quantitative estimate of drug-likeness (QED) is 0.139.